The van der Waals surface area contributed by atoms with E-state index in [1.54, 1.807) is 17.0 Å². The SMILES string of the molecule is CC(C)[C@@H](N)C(=O)N1CCc2c(cccc2C(=O)O)C1. The van der Waals surface area contributed by atoms with Gasteiger partial charge >= 0.3 is 5.97 Å². The average molecular weight is 276 g/mol. The lowest BCUT2D eigenvalue weighted by molar-refractivity contribution is -0.134. The average Bonchev–Trinajstić information content (AvgIpc) is 2.44. The van der Waals surface area contributed by atoms with Gasteiger partial charge in [0, 0.05) is 13.1 Å². The van der Waals surface area contributed by atoms with Crippen molar-refractivity contribution in [3.63, 3.8) is 0 Å². The summed E-state index contributed by atoms with van der Waals surface area (Å²) < 4.78 is 0. The number of hydrogen-bond acceptors (Lipinski definition) is 3. The Kier molecular flexibility index (Phi) is 4.09. The number of rotatable bonds is 3. The molecule has 0 radical (unpaired) electrons. The highest BCUT2D eigenvalue weighted by Crippen LogP contribution is 2.23. The molecule has 1 aliphatic heterocycles. The molecule has 0 bridgehead atoms. The van der Waals surface area contributed by atoms with Crippen molar-refractivity contribution in [2.24, 2.45) is 11.7 Å². The van der Waals surface area contributed by atoms with Crippen LogP contribution in [-0.4, -0.2) is 34.5 Å². The summed E-state index contributed by atoms with van der Waals surface area (Å²) in [5.74, 6) is -0.888. The van der Waals surface area contributed by atoms with Crippen LogP contribution >= 0.6 is 0 Å². The monoisotopic (exact) mass is 276 g/mol. The molecule has 1 aromatic carbocycles. The summed E-state index contributed by atoms with van der Waals surface area (Å²) >= 11 is 0. The van der Waals surface area contributed by atoms with E-state index in [9.17, 15) is 14.7 Å². The summed E-state index contributed by atoms with van der Waals surface area (Å²) in [7, 11) is 0. The number of benzene rings is 1. The molecular formula is C15H20N2O3. The van der Waals surface area contributed by atoms with Gasteiger partial charge in [0.15, 0.2) is 0 Å². The van der Waals surface area contributed by atoms with Gasteiger partial charge in [-0.1, -0.05) is 26.0 Å². The van der Waals surface area contributed by atoms with E-state index in [0.717, 1.165) is 11.1 Å². The van der Waals surface area contributed by atoms with Crippen LogP contribution in [-0.2, 0) is 17.8 Å². The second-order valence-corrected chi connectivity index (χ2v) is 5.53. The molecule has 0 aliphatic carbocycles. The smallest absolute Gasteiger partial charge is 0.335 e. The molecule has 5 nitrogen and oxygen atoms in total. The van der Waals surface area contributed by atoms with Crippen LogP contribution in [0.1, 0.15) is 35.3 Å². The molecular weight excluding hydrogens is 256 g/mol. The van der Waals surface area contributed by atoms with Crippen LogP contribution in [0.4, 0.5) is 0 Å². The Balaban J connectivity index is 2.22. The largest absolute Gasteiger partial charge is 0.478 e. The molecule has 1 aliphatic rings. The third-order valence-corrected chi connectivity index (χ3v) is 3.81. The van der Waals surface area contributed by atoms with Crippen molar-refractivity contribution in [3.05, 3.63) is 34.9 Å². The molecule has 0 aromatic heterocycles. The second-order valence-electron chi connectivity index (χ2n) is 5.53. The normalized spacial score (nSPS) is 15.9. The van der Waals surface area contributed by atoms with E-state index >= 15 is 0 Å². The maximum Gasteiger partial charge on any atom is 0.335 e. The molecule has 2 rings (SSSR count). The molecule has 0 saturated heterocycles. The van der Waals surface area contributed by atoms with Crippen LogP contribution in [0.3, 0.4) is 0 Å². The molecule has 20 heavy (non-hydrogen) atoms. The third-order valence-electron chi connectivity index (χ3n) is 3.81. The molecule has 0 spiro atoms. The Morgan fingerprint density at radius 2 is 2.05 bits per heavy atom. The van der Waals surface area contributed by atoms with E-state index in [4.69, 9.17) is 5.73 Å². The fourth-order valence-electron chi connectivity index (χ4n) is 2.49. The highest BCUT2D eigenvalue weighted by Gasteiger charge is 2.28. The molecule has 108 valence electrons. The van der Waals surface area contributed by atoms with E-state index in [0.29, 0.717) is 25.1 Å². The number of carboxylic acids is 1. The number of nitrogens with zero attached hydrogens (tertiary/aromatic N) is 1. The van der Waals surface area contributed by atoms with Crippen molar-refractivity contribution >= 4 is 11.9 Å². The zero-order valence-corrected chi connectivity index (χ0v) is 11.8. The lowest BCUT2D eigenvalue weighted by Crippen LogP contribution is -2.48. The minimum absolute atomic E-state index is 0.0635. The summed E-state index contributed by atoms with van der Waals surface area (Å²) in [6.45, 7) is 4.80. The molecule has 1 heterocycles. The standard InChI is InChI=1S/C15H20N2O3/c1-9(2)13(16)14(18)17-7-6-11-10(8-17)4-3-5-12(11)15(19)20/h3-5,9,13H,6-8,16H2,1-2H3,(H,19,20)/t13-/m1/s1. The number of aromatic carboxylic acids is 1. The summed E-state index contributed by atoms with van der Waals surface area (Å²) in [6, 6.07) is 4.71. The van der Waals surface area contributed by atoms with Gasteiger partial charge in [0.25, 0.3) is 0 Å². The van der Waals surface area contributed by atoms with Gasteiger partial charge in [-0.05, 0) is 29.5 Å². The van der Waals surface area contributed by atoms with Crippen LogP contribution in [0.5, 0.6) is 0 Å². The summed E-state index contributed by atoms with van der Waals surface area (Å²) in [4.78, 5) is 25.2. The van der Waals surface area contributed by atoms with Gasteiger partial charge in [0.2, 0.25) is 5.91 Å². The van der Waals surface area contributed by atoms with Gasteiger partial charge in [-0.2, -0.15) is 0 Å². The number of carbonyl (C=O) groups is 2. The van der Waals surface area contributed by atoms with Gasteiger partial charge in [-0.15, -0.1) is 0 Å². The first-order chi connectivity index (χ1) is 9.41. The van der Waals surface area contributed by atoms with Crippen molar-refractivity contribution in [2.45, 2.75) is 32.9 Å². The molecule has 5 heteroatoms. The molecule has 0 fully saturated rings. The van der Waals surface area contributed by atoms with Crippen LogP contribution in [0.15, 0.2) is 18.2 Å². The van der Waals surface area contributed by atoms with Crippen LogP contribution < -0.4 is 5.73 Å². The van der Waals surface area contributed by atoms with Crippen LogP contribution in [0.2, 0.25) is 0 Å². The number of carbonyl (C=O) groups excluding carboxylic acids is 1. The van der Waals surface area contributed by atoms with Crippen molar-refractivity contribution in [3.8, 4) is 0 Å². The minimum atomic E-state index is -0.916. The predicted octanol–water partition coefficient (Wildman–Crippen LogP) is 1.25. The topological polar surface area (TPSA) is 83.6 Å². The maximum absolute atomic E-state index is 12.3. The molecule has 0 unspecified atom stereocenters. The van der Waals surface area contributed by atoms with E-state index in [1.807, 2.05) is 19.9 Å². The van der Waals surface area contributed by atoms with Crippen molar-refractivity contribution in [1.29, 1.82) is 0 Å². The minimum Gasteiger partial charge on any atom is -0.478 e. The third kappa shape index (κ3) is 2.67. The Labute approximate surface area is 118 Å². The zero-order chi connectivity index (χ0) is 14.9. The number of hydrogen-bond donors (Lipinski definition) is 2. The van der Waals surface area contributed by atoms with Crippen LogP contribution in [0, 0.1) is 5.92 Å². The number of carboxylic acid groups (broad SMARTS) is 1. The van der Waals surface area contributed by atoms with Crippen molar-refractivity contribution in [2.75, 3.05) is 6.54 Å². The summed E-state index contributed by atoms with van der Waals surface area (Å²) in [6.07, 6.45) is 0.564. The Hall–Kier alpha value is -1.88. The highest BCUT2D eigenvalue weighted by atomic mass is 16.4. The van der Waals surface area contributed by atoms with Crippen LogP contribution in [0.25, 0.3) is 0 Å². The summed E-state index contributed by atoms with van der Waals surface area (Å²) in [5, 5.41) is 9.18. The Morgan fingerprint density at radius 3 is 2.65 bits per heavy atom. The van der Waals surface area contributed by atoms with E-state index in [2.05, 4.69) is 0 Å². The number of amides is 1. The van der Waals surface area contributed by atoms with E-state index < -0.39 is 12.0 Å². The maximum atomic E-state index is 12.3. The molecule has 0 saturated carbocycles. The fraction of sp³-hybridized carbons (Fsp3) is 0.467. The molecule has 1 amide bonds. The van der Waals surface area contributed by atoms with E-state index in [-0.39, 0.29) is 11.8 Å². The molecule has 1 aromatic rings. The van der Waals surface area contributed by atoms with Crippen molar-refractivity contribution < 1.29 is 14.7 Å². The van der Waals surface area contributed by atoms with Gasteiger partial charge < -0.3 is 15.7 Å². The summed E-state index contributed by atoms with van der Waals surface area (Å²) in [5.41, 5.74) is 7.98. The van der Waals surface area contributed by atoms with Gasteiger partial charge in [0.1, 0.15) is 0 Å². The Morgan fingerprint density at radius 1 is 1.35 bits per heavy atom. The van der Waals surface area contributed by atoms with E-state index in [1.165, 1.54) is 0 Å². The highest BCUT2D eigenvalue weighted by molar-refractivity contribution is 5.90. The first kappa shape index (κ1) is 14.5. The van der Waals surface area contributed by atoms with Gasteiger partial charge in [-0.3, -0.25) is 4.79 Å². The zero-order valence-electron chi connectivity index (χ0n) is 11.8. The fourth-order valence-corrected chi connectivity index (χ4v) is 2.49. The Bertz CT molecular complexity index is 540. The first-order valence-corrected chi connectivity index (χ1v) is 6.80. The number of fused-ring (bicyclic) bond motifs is 1. The lowest BCUT2D eigenvalue weighted by atomic mass is 9.93. The van der Waals surface area contributed by atoms with Gasteiger partial charge in [0.05, 0.1) is 11.6 Å². The predicted molar refractivity (Wildman–Crippen MR) is 75.3 cm³/mol. The quantitative estimate of drug-likeness (QED) is 0.870. The first-order valence-electron chi connectivity index (χ1n) is 6.80. The molecule has 1 atom stereocenters. The van der Waals surface area contributed by atoms with Crippen molar-refractivity contribution in [1.82, 2.24) is 4.90 Å². The number of nitrogens with two attached hydrogens (primary N) is 1. The second kappa shape index (κ2) is 5.63. The lowest BCUT2D eigenvalue weighted by Gasteiger charge is -2.32. The molecule has 3 N–H and O–H groups in total. The van der Waals surface area contributed by atoms with Gasteiger partial charge in [-0.25, -0.2) is 4.79 Å².